The Labute approximate surface area is 76.2 Å². The second-order valence-electron chi connectivity index (χ2n) is 2.87. The average molecular weight is 184 g/mol. The first kappa shape index (κ1) is 9.70. The Morgan fingerprint density at radius 1 is 1.69 bits per heavy atom. The molecule has 0 unspecified atom stereocenters. The summed E-state index contributed by atoms with van der Waals surface area (Å²) >= 11 is 0. The van der Waals surface area contributed by atoms with Gasteiger partial charge in [0.15, 0.2) is 0 Å². The van der Waals surface area contributed by atoms with Crippen molar-refractivity contribution in [1.82, 2.24) is 4.90 Å². The van der Waals surface area contributed by atoms with Gasteiger partial charge in [0.05, 0.1) is 4.92 Å². The van der Waals surface area contributed by atoms with Crippen molar-refractivity contribution in [3.63, 3.8) is 0 Å². The summed E-state index contributed by atoms with van der Waals surface area (Å²) in [5.41, 5.74) is -0.278. The summed E-state index contributed by atoms with van der Waals surface area (Å²) in [6, 6.07) is 0. The molecule has 0 saturated heterocycles. The number of carbonyl (C=O) groups excluding carboxylic acids is 1. The normalized spacial score (nSPS) is 18.1. The third kappa shape index (κ3) is 2.05. The molecule has 0 spiro atoms. The first-order valence-corrected chi connectivity index (χ1v) is 4.30. The molecule has 72 valence electrons. The van der Waals surface area contributed by atoms with Gasteiger partial charge in [-0.25, -0.2) is 0 Å². The zero-order valence-electron chi connectivity index (χ0n) is 7.52. The van der Waals surface area contributed by atoms with Crippen LogP contribution in [0.5, 0.6) is 0 Å². The van der Waals surface area contributed by atoms with Gasteiger partial charge in [-0.05, 0) is 25.8 Å². The standard InChI is InChI=1S/C8H12N2O3/c1-2-9-6-4-3-5-7(8(9)11)10(12)13/h5H,2-4,6H2,1H3. The van der Waals surface area contributed by atoms with E-state index in [-0.39, 0.29) is 5.70 Å². The molecule has 0 saturated carbocycles. The fraction of sp³-hybridized carbons (Fsp3) is 0.625. The van der Waals surface area contributed by atoms with Gasteiger partial charge in [0.25, 0.3) is 0 Å². The van der Waals surface area contributed by atoms with Crippen molar-refractivity contribution in [2.75, 3.05) is 13.1 Å². The van der Waals surface area contributed by atoms with Gasteiger partial charge < -0.3 is 4.90 Å². The lowest BCUT2D eigenvalue weighted by atomic mass is 10.3. The van der Waals surface area contributed by atoms with Crippen molar-refractivity contribution in [2.45, 2.75) is 19.8 Å². The lowest BCUT2D eigenvalue weighted by molar-refractivity contribution is -0.420. The van der Waals surface area contributed by atoms with Crippen LogP contribution in [0.25, 0.3) is 0 Å². The quantitative estimate of drug-likeness (QED) is 0.470. The second-order valence-corrected chi connectivity index (χ2v) is 2.87. The van der Waals surface area contributed by atoms with E-state index in [1.54, 1.807) is 0 Å². The highest BCUT2D eigenvalue weighted by atomic mass is 16.6. The summed E-state index contributed by atoms with van der Waals surface area (Å²) in [5.74, 6) is -0.454. The topological polar surface area (TPSA) is 63.4 Å². The number of allylic oxidation sites excluding steroid dienone is 1. The third-order valence-electron chi connectivity index (χ3n) is 2.05. The van der Waals surface area contributed by atoms with E-state index >= 15 is 0 Å². The maximum absolute atomic E-state index is 11.4. The van der Waals surface area contributed by atoms with Crippen LogP contribution >= 0.6 is 0 Å². The molecule has 1 aliphatic heterocycles. The van der Waals surface area contributed by atoms with Crippen molar-refractivity contribution in [1.29, 1.82) is 0 Å². The number of nitrogens with zero attached hydrogens (tertiary/aromatic N) is 2. The molecule has 0 aromatic heterocycles. The molecule has 1 aliphatic rings. The molecule has 13 heavy (non-hydrogen) atoms. The minimum atomic E-state index is -0.601. The molecule has 5 nitrogen and oxygen atoms in total. The van der Waals surface area contributed by atoms with E-state index in [1.165, 1.54) is 11.0 Å². The van der Waals surface area contributed by atoms with E-state index in [2.05, 4.69) is 0 Å². The predicted octanol–water partition coefficient (Wildman–Crippen LogP) is 0.789. The number of hydrogen-bond acceptors (Lipinski definition) is 3. The molecule has 0 atom stereocenters. The first-order chi connectivity index (χ1) is 6.16. The molecule has 0 radical (unpaired) electrons. The fourth-order valence-corrected chi connectivity index (χ4v) is 1.33. The summed E-state index contributed by atoms with van der Waals surface area (Å²) in [7, 11) is 0. The van der Waals surface area contributed by atoms with Crippen molar-refractivity contribution in [3.05, 3.63) is 21.9 Å². The van der Waals surface area contributed by atoms with Gasteiger partial charge in [-0.3, -0.25) is 14.9 Å². The zero-order chi connectivity index (χ0) is 9.84. The van der Waals surface area contributed by atoms with Crippen LogP contribution in [0, 0.1) is 10.1 Å². The van der Waals surface area contributed by atoms with Crippen LogP contribution in [0.3, 0.4) is 0 Å². The van der Waals surface area contributed by atoms with E-state index in [1.807, 2.05) is 6.92 Å². The first-order valence-electron chi connectivity index (χ1n) is 4.30. The van der Waals surface area contributed by atoms with E-state index < -0.39 is 10.8 Å². The van der Waals surface area contributed by atoms with Crippen molar-refractivity contribution in [2.24, 2.45) is 0 Å². The molecule has 0 N–H and O–H groups in total. The van der Waals surface area contributed by atoms with Crippen LogP contribution in [-0.2, 0) is 4.79 Å². The minimum absolute atomic E-state index is 0.278. The van der Waals surface area contributed by atoms with Gasteiger partial charge >= 0.3 is 11.6 Å². The molecule has 1 heterocycles. The summed E-state index contributed by atoms with van der Waals surface area (Å²) < 4.78 is 0. The predicted molar refractivity (Wildman–Crippen MR) is 46.6 cm³/mol. The van der Waals surface area contributed by atoms with Gasteiger partial charge in [-0.2, -0.15) is 0 Å². The molecule has 0 fully saturated rings. The van der Waals surface area contributed by atoms with E-state index in [4.69, 9.17) is 0 Å². The number of nitro groups is 1. The molecule has 0 aliphatic carbocycles. The molecule has 0 aromatic rings. The maximum atomic E-state index is 11.4. The smallest absolute Gasteiger partial charge is 0.329 e. The summed E-state index contributed by atoms with van der Waals surface area (Å²) in [6.07, 6.45) is 2.83. The summed E-state index contributed by atoms with van der Waals surface area (Å²) in [4.78, 5) is 22.8. The second kappa shape index (κ2) is 4.02. The fourth-order valence-electron chi connectivity index (χ4n) is 1.33. The van der Waals surface area contributed by atoms with E-state index in [0.717, 1.165) is 6.42 Å². The highest BCUT2D eigenvalue weighted by molar-refractivity contribution is 5.91. The van der Waals surface area contributed by atoms with Crippen LogP contribution in [0.2, 0.25) is 0 Å². The van der Waals surface area contributed by atoms with Crippen LogP contribution in [0.1, 0.15) is 19.8 Å². The SMILES string of the molecule is CCN1CCCC=C([N+](=O)[O-])C1=O. The molecule has 1 amide bonds. The van der Waals surface area contributed by atoms with Crippen LogP contribution in [0.15, 0.2) is 11.8 Å². The van der Waals surface area contributed by atoms with Crippen LogP contribution in [-0.4, -0.2) is 28.8 Å². The number of rotatable bonds is 2. The molecule has 1 rings (SSSR count). The monoisotopic (exact) mass is 184 g/mol. The molecule has 0 aromatic carbocycles. The lowest BCUT2D eigenvalue weighted by Crippen LogP contribution is -2.33. The Kier molecular flexibility index (Phi) is 3.00. The van der Waals surface area contributed by atoms with Gasteiger partial charge in [0, 0.05) is 13.1 Å². The third-order valence-corrected chi connectivity index (χ3v) is 2.05. The largest absolute Gasteiger partial charge is 0.334 e. The number of amides is 1. The summed E-state index contributed by atoms with van der Waals surface area (Å²) in [5, 5.41) is 10.5. The summed E-state index contributed by atoms with van der Waals surface area (Å²) in [6.45, 7) is 2.97. The molecule has 0 bridgehead atoms. The van der Waals surface area contributed by atoms with E-state index in [0.29, 0.717) is 19.5 Å². The van der Waals surface area contributed by atoms with E-state index in [9.17, 15) is 14.9 Å². The van der Waals surface area contributed by atoms with Crippen LogP contribution in [0.4, 0.5) is 0 Å². The Hall–Kier alpha value is -1.39. The van der Waals surface area contributed by atoms with Gasteiger partial charge in [0.2, 0.25) is 0 Å². The maximum Gasteiger partial charge on any atom is 0.329 e. The number of likely N-dealkylation sites (N-methyl/N-ethyl adjacent to an activating group) is 1. The number of hydrogen-bond donors (Lipinski definition) is 0. The van der Waals surface area contributed by atoms with Crippen LogP contribution < -0.4 is 0 Å². The van der Waals surface area contributed by atoms with Gasteiger partial charge in [0.1, 0.15) is 0 Å². The highest BCUT2D eigenvalue weighted by Gasteiger charge is 2.27. The minimum Gasteiger partial charge on any atom is -0.334 e. The zero-order valence-corrected chi connectivity index (χ0v) is 7.52. The number of carbonyl (C=O) groups is 1. The molecular weight excluding hydrogens is 172 g/mol. The molecular formula is C8H12N2O3. The van der Waals surface area contributed by atoms with Crippen molar-refractivity contribution >= 4 is 5.91 Å². The Balaban J connectivity index is 2.86. The Bertz CT molecular complexity index is 260. The highest BCUT2D eigenvalue weighted by Crippen LogP contribution is 2.11. The Morgan fingerprint density at radius 3 is 2.92 bits per heavy atom. The average Bonchev–Trinajstić information content (AvgIpc) is 2.26. The van der Waals surface area contributed by atoms with Gasteiger partial charge in [-0.1, -0.05) is 0 Å². The molecule has 5 heteroatoms. The lowest BCUT2D eigenvalue weighted by Gasteiger charge is -2.16. The Morgan fingerprint density at radius 2 is 2.38 bits per heavy atom. The van der Waals surface area contributed by atoms with Crippen molar-refractivity contribution < 1.29 is 9.72 Å². The van der Waals surface area contributed by atoms with Gasteiger partial charge in [-0.15, -0.1) is 0 Å². The van der Waals surface area contributed by atoms with Crippen molar-refractivity contribution in [3.8, 4) is 0 Å².